The van der Waals surface area contributed by atoms with E-state index in [0.29, 0.717) is 5.02 Å². The van der Waals surface area contributed by atoms with Gasteiger partial charge >= 0.3 is 0 Å². The Morgan fingerprint density at radius 1 is 1.12 bits per heavy atom. The summed E-state index contributed by atoms with van der Waals surface area (Å²) in [6, 6.07) is 12.0. The van der Waals surface area contributed by atoms with Crippen LogP contribution in [-0.4, -0.2) is 12.0 Å². The summed E-state index contributed by atoms with van der Waals surface area (Å²) >= 11 is 5.81. The second-order valence-electron chi connectivity index (χ2n) is 3.68. The molecule has 0 aliphatic heterocycles. The molecule has 0 saturated carbocycles. The van der Waals surface area contributed by atoms with Gasteiger partial charge in [-0.2, -0.15) is 0 Å². The average Bonchev–Trinajstić information content (AvgIpc) is 2.30. The second kappa shape index (κ2) is 4.54. The molecule has 2 nitrogen and oxygen atoms in total. The standard InChI is InChI=1S/C13H13ClN2/c1-10-5-3-4-6-12(10)16(2)13-8-7-11(14)9-15-13/h3-9H,1-2H3. The molecular formula is C13H13ClN2. The maximum absolute atomic E-state index is 5.81. The number of nitrogens with zero attached hydrogens (tertiary/aromatic N) is 2. The second-order valence-corrected chi connectivity index (χ2v) is 4.12. The number of anilines is 2. The van der Waals surface area contributed by atoms with Gasteiger partial charge in [0, 0.05) is 18.9 Å². The SMILES string of the molecule is Cc1ccccc1N(C)c1ccc(Cl)cn1. The maximum Gasteiger partial charge on any atom is 0.132 e. The third kappa shape index (κ3) is 2.17. The number of aryl methyl sites for hydroxylation is 1. The first kappa shape index (κ1) is 11.0. The van der Waals surface area contributed by atoms with Crippen LogP contribution in [0.3, 0.4) is 0 Å². The van der Waals surface area contributed by atoms with Crippen LogP contribution in [0.4, 0.5) is 11.5 Å². The van der Waals surface area contributed by atoms with Crippen LogP contribution in [0.5, 0.6) is 0 Å². The van der Waals surface area contributed by atoms with Gasteiger partial charge in [0.1, 0.15) is 5.82 Å². The zero-order valence-corrected chi connectivity index (χ0v) is 10.1. The smallest absolute Gasteiger partial charge is 0.132 e. The van der Waals surface area contributed by atoms with Crippen molar-refractivity contribution in [3.8, 4) is 0 Å². The number of pyridine rings is 1. The van der Waals surface area contributed by atoms with Crippen molar-refractivity contribution in [2.45, 2.75) is 6.92 Å². The number of halogens is 1. The van der Waals surface area contributed by atoms with E-state index in [1.54, 1.807) is 6.20 Å². The van der Waals surface area contributed by atoms with Crippen molar-refractivity contribution in [3.63, 3.8) is 0 Å². The predicted octanol–water partition coefficient (Wildman–Crippen LogP) is 3.81. The van der Waals surface area contributed by atoms with Gasteiger partial charge in [0.2, 0.25) is 0 Å². The highest BCUT2D eigenvalue weighted by Crippen LogP contribution is 2.25. The third-order valence-electron chi connectivity index (χ3n) is 2.53. The summed E-state index contributed by atoms with van der Waals surface area (Å²) in [7, 11) is 2.00. The molecule has 0 fully saturated rings. The van der Waals surface area contributed by atoms with Crippen LogP contribution < -0.4 is 4.90 Å². The van der Waals surface area contributed by atoms with Gasteiger partial charge in [-0.3, -0.25) is 0 Å². The minimum atomic E-state index is 0.655. The third-order valence-corrected chi connectivity index (χ3v) is 2.76. The first-order valence-electron chi connectivity index (χ1n) is 5.09. The summed E-state index contributed by atoms with van der Waals surface area (Å²) in [6.45, 7) is 2.09. The van der Waals surface area contributed by atoms with E-state index in [-0.39, 0.29) is 0 Å². The fraction of sp³-hybridized carbons (Fsp3) is 0.154. The highest BCUT2D eigenvalue weighted by atomic mass is 35.5. The van der Waals surface area contributed by atoms with E-state index < -0.39 is 0 Å². The number of hydrogen-bond acceptors (Lipinski definition) is 2. The molecule has 0 unspecified atom stereocenters. The number of hydrogen-bond donors (Lipinski definition) is 0. The van der Waals surface area contributed by atoms with Gasteiger partial charge in [0.25, 0.3) is 0 Å². The van der Waals surface area contributed by atoms with Gasteiger partial charge in [-0.25, -0.2) is 4.98 Å². The Morgan fingerprint density at radius 3 is 2.50 bits per heavy atom. The molecule has 1 heterocycles. The van der Waals surface area contributed by atoms with Crippen molar-refractivity contribution in [2.75, 3.05) is 11.9 Å². The van der Waals surface area contributed by atoms with Crippen molar-refractivity contribution >= 4 is 23.1 Å². The van der Waals surface area contributed by atoms with Gasteiger partial charge in [0.15, 0.2) is 0 Å². The van der Waals surface area contributed by atoms with Crippen molar-refractivity contribution in [2.24, 2.45) is 0 Å². The summed E-state index contributed by atoms with van der Waals surface area (Å²) < 4.78 is 0. The van der Waals surface area contributed by atoms with Gasteiger partial charge in [-0.15, -0.1) is 0 Å². The van der Waals surface area contributed by atoms with E-state index in [0.717, 1.165) is 11.5 Å². The zero-order valence-electron chi connectivity index (χ0n) is 9.31. The summed E-state index contributed by atoms with van der Waals surface area (Å²) in [6.07, 6.45) is 1.66. The molecule has 82 valence electrons. The van der Waals surface area contributed by atoms with Crippen LogP contribution in [0.2, 0.25) is 5.02 Å². The lowest BCUT2D eigenvalue weighted by Crippen LogP contribution is -2.11. The van der Waals surface area contributed by atoms with Crippen molar-refractivity contribution in [1.82, 2.24) is 4.98 Å². The molecule has 16 heavy (non-hydrogen) atoms. The Morgan fingerprint density at radius 2 is 1.88 bits per heavy atom. The normalized spacial score (nSPS) is 10.2. The number of rotatable bonds is 2. The lowest BCUT2D eigenvalue weighted by molar-refractivity contribution is 1.11. The summed E-state index contributed by atoms with van der Waals surface area (Å²) in [5.74, 6) is 0.888. The molecule has 0 amide bonds. The Kier molecular flexibility index (Phi) is 3.11. The molecule has 0 radical (unpaired) electrons. The Balaban J connectivity index is 2.35. The van der Waals surface area contributed by atoms with E-state index in [1.807, 2.05) is 36.2 Å². The van der Waals surface area contributed by atoms with Gasteiger partial charge in [-0.1, -0.05) is 29.8 Å². The molecule has 1 aromatic heterocycles. The molecule has 0 saturated heterocycles. The molecule has 0 aliphatic carbocycles. The van der Waals surface area contributed by atoms with Crippen LogP contribution in [0.1, 0.15) is 5.56 Å². The first-order chi connectivity index (χ1) is 7.68. The van der Waals surface area contributed by atoms with E-state index in [1.165, 1.54) is 5.56 Å². The van der Waals surface area contributed by atoms with Crippen LogP contribution in [0.25, 0.3) is 0 Å². The van der Waals surface area contributed by atoms with Crippen LogP contribution >= 0.6 is 11.6 Å². The molecule has 2 rings (SSSR count). The Hall–Kier alpha value is -1.54. The van der Waals surface area contributed by atoms with E-state index in [2.05, 4.69) is 24.0 Å². The molecule has 2 aromatic rings. The summed E-state index contributed by atoms with van der Waals surface area (Å²) in [5, 5.41) is 0.655. The van der Waals surface area contributed by atoms with E-state index in [4.69, 9.17) is 11.6 Å². The zero-order chi connectivity index (χ0) is 11.5. The van der Waals surface area contributed by atoms with E-state index in [9.17, 15) is 0 Å². The fourth-order valence-corrected chi connectivity index (χ4v) is 1.74. The largest absolute Gasteiger partial charge is 0.329 e. The molecule has 0 aliphatic rings. The predicted molar refractivity (Wildman–Crippen MR) is 68.5 cm³/mol. The summed E-state index contributed by atoms with van der Waals surface area (Å²) in [4.78, 5) is 6.34. The Labute approximate surface area is 101 Å². The fourth-order valence-electron chi connectivity index (χ4n) is 1.63. The quantitative estimate of drug-likeness (QED) is 0.783. The van der Waals surface area contributed by atoms with Crippen molar-refractivity contribution < 1.29 is 0 Å². The summed E-state index contributed by atoms with van der Waals surface area (Å²) in [5.41, 5.74) is 2.37. The monoisotopic (exact) mass is 232 g/mol. The van der Waals surface area contributed by atoms with Crippen molar-refractivity contribution in [1.29, 1.82) is 0 Å². The molecule has 0 bridgehead atoms. The highest BCUT2D eigenvalue weighted by molar-refractivity contribution is 6.30. The van der Waals surface area contributed by atoms with Crippen LogP contribution in [0.15, 0.2) is 42.6 Å². The average molecular weight is 233 g/mol. The minimum Gasteiger partial charge on any atom is -0.329 e. The van der Waals surface area contributed by atoms with Gasteiger partial charge in [-0.05, 0) is 30.7 Å². The molecule has 0 atom stereocenters. The maximum atomic E-state index is 5.81. The van der Waals surface area contributed by atoms with Crippen LogP contribution in [0, 0.1) is 6.92 Å². The van der Waals surface area contributed by atoms with Gasteiger partial charge in [0.05, 0.1) is 5.02 Å². The van der Waals surface area contributed by atoms with E-state index >= 15 is 0 Å². The lowest BCUT2D eigenvalue weighted by Gasteiger charge is -2.20. The number of aromatic nitrogens is 1. The number of para-hydroxylation sites is 1. The minimum absolute atomic E-state index is 0.655. The van der Waals surface area contributed by atoms with Crippen LogP contribution in [-0.2, 0) is 0 Å². The molecule has 0 N–H and O–H groups in total. The number of benzene rings is 1. The topological polar surface area (TPSA) is 16.1 Å². The van der Waals surface area contributed by atoms with Crippen molar-refractivity contribution in [3.05, 3.63) is 53.2 Å². The Bertz CT molecular complexity index is 480. The molecule has 3 heteroatoms. The lowest BCUT2D eigenvalue weighted by atomic mass is 10.2. The molecule has 0 spiro atoms. The highest BCUT2D eigenvalue weighted by Gasteiger charge is 2.06. The van der Waals surface area contributed by atoms with Gasteiger partial charge < -0.3 is 4.90 Å². The molecule has 1 aromatic carbocycles. The first-order valence-corrected chi connectivity index (χ1v) is 5.47. The molecular weight excluding hydrogens is 220 g/mol.